The highest BCUT2D eigenvalue weighted by molar-refractivity contribution is 5.88. The molecule has 2 nitrogen and oxygen atoms in total. The van der Waals surface area contributed by atoms with E-state index in [2.05, 4.69) is 36.7 Å². The van der Waals surface area contributed by atoms with Gasteiger partial charge in [0.25, 0.3) is 0 Å². The van der Waals surface area contributed by atoms with Gasteiger partial charge >= 0.3 is 0 Å². The molecular weight excluding hydrogens is 186 g/mol. The van der Waals surface area contributed by atoms with Crippen LogP contribution < -0.4 is 0 Å². The van der Waals surface area contributed by atoms with Crippen LogP contribution in [0.15, 0.2) is 24.4 Å². The van der Waals surface area contributed by atoms with Gasteiger partial charge < -0.3 is 9.36 Å². The number of rotatable bonds is 3. The summed E-state index contributed by atoms with van der Waals surface area (Å²) in [6.07, 6.45) is 3.57. The van der Waals surface area contributed by atoms with Gasteiger partial charge in [-0.2, -0.15) is 0 Å². The summed E-state index contributed by atoms with van der Waals surface area (Å²) in [5, 5.41) is 1.21. The highest BCUT2D eigenvalue weighted by atomic mass is 16.1. The van der Waals surface area contributed by atoms with E-state index in [-0.39, 0.29) is 0 Å². The number of hydrogen-bond acceptors (Lipinski definition) is 1. The van der Waals surface area contributed by atoms with Gasteiger partial charge in [0, 0.05) is 24.5 Å². The van der Waals surface area contributed by atoms with Crippen LogP contribution in [0.1, 0.15) is 18.1 Å². The Hall–Kier alpha value is -1.57. The number of para-hydroxylation sites is 1. The van der Waals surface area contributed by atoms with Gasteiger partial charge in [-0.1, -0.05) is 18.2 Å². The molecule has 15 heavy (non-hydrogen) atoms. The van der Waals surface area contributed by atoms with E-state index in [9.17, 15) is 4.79 Å². The van der Waals surface area contributed by atoms with Crippen molar-refractivity contribution in [3.63, 3.8) is 0 Å². The third kappa shape index (κ3) is 1.56. The summed E-state index contributed by atoms with van der Waals surface area (Å²) in [7, 11) is 0. The van der Waals surface area contributed by atoms with Gasteiger partial charge in [-0.25, -0.2) is 0 Å². The van der Waals surface area contributed by atoms with Gasteiger partial charge in [0.2, 0.25) is 0 Å². The van der Waals surface area contributed by atoms with Crippen LogP contribution in [0.3, 0.4) is 0 Å². The first-order valence-electron chi connectivity index (χ1n) is 5.29. The molecule has 0 fully saturated rings. The zero-order valence-corrected chi connectivity index (χ0v) is 9.16. The van der Waals surface area contributed by atoms with Gasteiger partial charge in [-0.05, 0) is 25.0 Å². The fourth-order valence-electron chi connectivity index (χ4n) is 2.12. The lowest BCUT2D eigenvalue weighted by atomic mass is 10.1. The predicted molar refractivity (Wildman–Crippen MR) is 62.1 cm³/mol. The molecule has 1 aromatic carbocycles. The molecule has 0 saturated carbocycles. The molecule has 1 heterocycles. The van der Waals surface area contributed by atoms with E-state index in [0.717, 1.165) is 18.4 Å². The van der Waals surface area contributed by atoms with Crippen molar-refractivity contribution in [3.8, 4) is 0 Å². The zero-order valence-electron chi connectivity index (χ0n) is 9.16. The highest BCUT2D eigenvalue weighted by Gasteiger charge is 2.08. The molecule has 0 aliphatic heterocycles. The standard InChI is InChI=1S/C13H15NO/c1-3-14-9-11(7-8-15)12-6-4-5-10(2)13(12)14/h4-6,8-9H,3,7H2,1-2H3. The second kappa shape index (κ2) is 3.89. The summed E-state index contributed by atoms with van der Waals surface area (Å²) in [4.78, 5) is 10.6. The number of aromatic nitrogens is 1. The third-order valence-electron chi connectivity index (χ3n) is 2.83. The minimum Gasteiger partial charge on any atom is -0.347 e. The fraction of sp³-hybridized carbons (Fsp3) is 0.308. The van der Waals surface area contributed by atoms with E-state index in [0.29, 0.717) is 6.42 Å². The van der Waals surface area contributed by atoms with Crippen molar-refractivity contribution in [1.29, 1.82) is 0 Å². The number of aldehydes is 1. The van der Waals surface area contributed by atoms with Crippen molar-refractivity contribution >= 4 is 17.2 Å². The van der Waals surface area contributed by atoms with E-state index in [1.807, 2.05) is 6.07 Å². The molecule has 2 rings (SSSR count). The monoisotopic (exact) mass is 201 g/mol. The first-order chi connectivity index (χ1) is 7.27. The first-order valence-corrected chi connectivity index (χ1v) is 5.29. The molecule has 0 aliphatic rings. The molecule has 0 amide bonds. The van der Waals surface area contributed by atoms with Crippen molar-refractivity contribution in [1.82, 2.24) is 4.57 Å². The van der Waals surface area contributed by atoms with Gasteiger partial charge in [0.1, 0.15) is 6.29 Å². The maximum absolute atomic E-state index is 10.6. The number of hydrogen-bond donors (Lipinski definition) is 0. The van der Waals surface area contributed by atoms with E-state index in [1.54, 1.807) is 0 Å². The molecule has 0 aliphatic carbocycles. The van der Waals surface area contributed by atoms with Gasteiger partial charge in [0.05, 0.1) is 5.52 Å². The summed E-state index contributed by atoms with van der Waals surface area (Å²) in [6.45, 7) is 5.18. The van der Waals surface area contributed by atoms with Crippen molar-refractivity contribution in [2.45, 2.75) is 26.8 Å². The van der Waals surface area contributed by atoms with Crippen LogP contribution in [-0.4, -0.2) is 10.9 Å². The summed E-state index contributed by atoms with van der Waals surface area (Å²) in [5.74, 6) is 0. The average Bonchev–Trinajstić information content (AvgIpc) is 2.59. The lowest BCUT2D eigenvalue weighted by molar-refractivity contribution is -0.107. The quantitative estimate of drug-likeness (QED) is 0.700. The lowest BCUT2D eigenvalue weighted by Gasteiger charge is -2.02. The number of carbonyl (C=O) groups is 1. The van der Waals surface area contributed by atoms with Crippen molar-refractivity contribution in [3.05, 3.63) is 35.5 Å². The van der Waals surface area contributed by atoms with E-state index < -0.39 is 0 Å². The van der Waals surface area contributed by atoms with Crippen LogP contribution in [-0.2, 0) is 17.8 Å². The molecule has 0 saturated heterocycles. The molecule has 0 radical (unpaired) electrons. The summed E-state index contributed by atoms with van der Waals surface area (Å²) >= 11 is 0. The van der Waals surface area contributed by atoms with Crippen LogP contribution >= 0.6 is 0 Å². The summed E-state index contributed by atoms with van der Waals surface area (Å²) in [6, 6.07) is 6.25. The Bertz CT molecular complexity index is 496. The number of benzene rings is 1. The van der Waals surface area contributed by atoms with Crippen LogP contribution in [0.25, 0.3) is 10.9 Å². The zero-order chi connectivity index (χ0) is 10.8. The average molecular weight is 201 g/mol. The molecule has 0 N–H and O–H groups in total. The van der Waals surface area contributed by atoms with Crippen LogP contribution in [0.2, 0.25) is 0 Å². The summed E-state index contributed by atoms with van der Waals surface area (Å²) in [5.41, 5.74) is 3.66. The predicted octanol–water partition coefficient (Wildman–Crippen LogP) is 2.71. The summed E-state index contributed by atoms with van der Waals surface area (Å²) < 4.78 is 2.21. The van der Waals surface area contributed by atoms with Gasteiger partial charge in [-0.3, -0.25) is 0 Å². The Balaban J connectivity index is 2.74. The lowest BCUT2D eigenvalue weighted by Crippen LogP contribution is -1.92. The molecular formula is C13H15NO. The maximum Gasteiger partial charge on any atom is 0.124 e. The van der Waals surface area contributed by atoms with Crippen LogP contribution in [0, 0.1) is 6.92 Å². The Morgan fingerprint density at radius 3 is 2.87 bits per heavy atom. The second-order valence-corrected chi connectivity index (χ2v) is 3.78. The molecule has 0 spiro atoms. The van der Waals surface area contributed by atoms with Crippen molar-refractivity contribution < 1.29 is 4.79 Å². The fourth-order valence-corrected chi connectivity index (χ4v) is 2.12. The minimum atomic E-state index is 0.507. The molecule has 0 unspecified atom stereocenters. The Morgan fingerprint density at radius 1 is 1.40 bits per heavy atom. The minimum absolute atomic E-state index is 0.507. The number of nitrogens with zero attached hydrogens (tertiary/aromatic N) is 1. The number of carbonyl (C=O) groups excluding carboxylic acids is 1. The normalized spacial score (nSPS) is 10.8. The molecule has 1 aromatic heterocycles. The molecule has 0 atom stereocenters. The van der Waals surface area contributed by atoms with Gasteiger partial charge in [0.15, 0.2) is 0 Å². The Labute approximate surface area is 89.5 Å². The van der Waals surface area contributed by atoms with E-state index in [4.69, 9.17) is 0 Å². The van der Waals surface area contributed by atoms with Crippen LogP contribution in [0.5, 0.6) is 0 Å². The largest absolute Gasteiger partial charge is 0.347 e. The second-order valence-electron chi connectivity index (χ2n) is 3.78. The third-order valence-corrected chi connectivity index (χ3v) is 2.83. The highest BCUT2D eigenvalue weighted by Crippen LogP contribution is 2.24. The molecule has 2 heteroatoms. The molecule has 2 aromatic rings. The number of fused-ring (bicyclic) bond motifs is 1. The van der Waals surface area contributed by atoms with Crippen molar-refractivity contribution in [2.24, 2.45) is 0 Å². The van der Waals surface area contributed by atoms with Crippen molar-refractivity contribution in [2.75, 3.05) is 0 Å². The number of aryl methyl sites for hydroxylation is 2. The Morgan fingerprint density at radius 2 is 2.20 bits per heavy atom. The van der Waals surface area contributed by atoms with Gasteiger partial charge in [-0.15, -0.1) is 0 Å². The SMILES string of the molecule is CCn1cc(CC=O)c2cccc(C)c21. The first kappa shape index (κ1) is 9.97. The molecule has 0 bridgehead atoms. The van der Waals surface area contributed by atoms with Crippen LogP contribution in [0.4, 0.5) is 0 Å². The maximum atomic E-state index is 10.6. The van der Waals surface area contributed by atoms with E-state index >= 15 is 0 Å². The van der Waals surface area contributed by atoms with E-state index in [1.165, 1.54) is 16.5 Å². The Kier molecular flexibility index (Phi) is 2.58. The molecule has 78 valence electrons. The smallest absolute Gasteiger partial charge is 0.124 e. The topological polar surface area (TPSA) is 22.0 Å².